The van der Waals surface area contributed by atoms with Crippen molar-refractivity contribution in [2.24, 2.45) is 4.99 Å². The molecule has 0 aliphatic rings. The summed E-state index contributed by atoms with van der Waals surface area (Å²) in [6.45, 7) is 22.9. The number of hydrogen-bond donors (Lipinski definition) is 1. The van der Waals surface area contributed by atoms with E-state index in [9.17, 15) is 4.79 Å². The molecule has 1 N–H and O–H groups in total. The van der Waals surface area contributed by atoms with Crippen molar-refractivity contribution >= 4 is 23.2 Å². The van der Waals surface area contributed by atoms with Gasteiger partial charge in [-0.1, -0.05) is 13.2 Å². The minimum Gasteiger partial charge on any atom is -0.444 e. The van der Waals surface area contributed by atoms with Crippen molar-refractivity contribution in [3.8, 4) is 0 Å². The second-order valence-electron chi connectivity index (χ2n) is 6.32. The molecule has 0 unspecified atom stereocenters. The molecule has 1 heterocycles. The third-order valence-electron chi connectivity index (χ3n) is 2.74. The van der Waals surface area contributed by atoms with Crippen molar-refractivity contribution in [1.82, 2.24) is 20.1 Å². The maximum atomic E-state index is 11.9. The number of aliphatic imine (C=N–C) groups is 1. The topological polar surface area (TPSA) is 81.4 Å². The number of amidine groups is 1. The van der Waals surface area contributed by atoms with E-state index < -0.39 is 11.7 Å². The summed E-state index contributed by atoms with van der Waals surface area (Å²) in [6, 6.07) is 0. The number of hydrogen-bond acceptors (Lipinski definition) is 5. The van der Waals surface area contributed by atoms with Gasteiger partial charge in [-0.2, -0.15) is 5.10 Å². The SMILES string of the molecule is C=C.C=C(C)/C(=C\C(=NC)NC(=O)OC(C)(C)C)n1ncnc1C(=C)C. The summed E-state index contributed by atoms with van der Waals surface area (Å²) in [4.78, 5) is 20.2. The normalized spacial score (nSPS) is 11.9. The van der Waals surface area contributed by atoms with Crippen molar-refractivity contribution in [2.45, 2.75) is 40.2 Å². The molecule has 0 aliphatic carbocycles. The third kappa shape index (κ3) is 7.29. The van der Waals surface area contributed by atoms with E-state index in [-0.39, 0.29) is 0 Å². The first-order chi connectivity index (χ1) is 12.0. The largest absolute Gasteiger partial charge is 0.444 e. The fourth-order valence-corrected chi connectivity index (χ4v) is 1.77. The maximum Gasteiger partial charge on any atom is 0.413 e. The maximum absolute atomic E-state index is 11.9. The average molecular weight is 359 g/mol. The fraction of sp³-hybridized carbons (Fsp3) is 0.368. The standard InChI is InChI=1S/C17H25N5O2.C2H4/c1-11(2)13(22-15(12(3)4)19-10-20-22)9-14(18-8)21-16(23)24-17(5,6)7;1-2/h9-10H,1,3H2,2,4-8H3,(H,18,21,23);1-2H2/b13-9+;. The minimum atomic E-state index is -0.594. The van der Waals surface area contributed by atoms with Gasteiger partial charge in [-0.25, -0.2) is 14.5 Å². The highest BCUT2D eigenvalue weighted by Gasteiger charge is 2.18. The first kappa shape index (κ1) is 23.0. The predicted molar refractivity (Wildman–Crippen MR) is 108 cm³/mol. The molecule has 0 atom stereocenters. The molecule has 7 heteroatoms. The Morgan fingerprint density at radius 1 is 1.31 bits per heavy atom. The molecule has 0 fully saturated rings. The van der Waals surface area contributed by atoms with Gasteiger partial charge in [-0.3, -0.25) is 10.3 Å². The highest BCUT2D eigenvalue weighted by molar-refractivity contribution is 6.06. The van der Waals surface area contributed by atoms with Crippen molar-refractivity contribution in [1.29, 1.82) is 0 Å². The molecule has 0 aliphatic heterocycles. The Morgan fingerprint density at radius 3 is 2.31 bits per heavy atom. The molecule has 1 aromatic heterocycles. The lowest BCUT2D eigenvalue weighted by Crippen LogP contribution is -2.35. The van der Waals surface area contributed by atoms with Gasteiger partial charge in [-0.15, -0.1) is 13.2 Å². The third-order valence-corrected chi connectivity index (χ3v) is 2.74. The Kier molecular flexibility index (Phi) is 8.97. The van der Waals surface area contributed by atoms with Gasteiger partial charge in [0, 0.05) is 13.1 Å². The molecular weight excluding hydrogens is 330 g/mol. The van der Waals surface area contributed by atoms with Crippen molar-refractivity contribution < 1.29 is 9.53 Å². The lowest BCUT2D eigenvalue weighted by atomic mass is 10.2. The Hall–Kier alpha value is -2.96. The molecule has 0 radical (unpaired) electrons. The fourth-order valence-electron chi connectivity index (χ4n) is 1.77. The zero-order valence-corrected chi connectivity index (χ0v) is 16.6. The van der Waals surface area contributed by atoms with Crippen LogP contribution < -0.4 is 5.32 Å². The number of ether oxygens (including phenoxy) is 1. The van der Waals surface area contributed by atoms with Crippen LogP contribution in [0.5, 0.6) is 0 Å². The molecule has 26 heavy (non-hydrogen) atoms. The van der Waals surface area contributed by atoms with Crippen LogP contribution in [-0.4, -0.2) is 39.3 Å². The molecule has 7 nitrogen and oxygen atoms in total. The first-order valence-electron chi connectivity index (χ1n) is 7.95. The summed E-state index contributed by atoms with van der Waals surface area (Å²) in [5.41, 5.74) is 1.54. The predicted octanol–water partition coefficient (Wildman–Crippen LogP) is 4.08. The molecule has 1 rings (SSSR count). The number of nitrogens with zero attached hydrogens (tertiary/aromatic N) is 4. The van der Waals surface area contributed by atoms with Crippen LogP contribution in [0.1, 0.15) is 40.4 Å². The average Bonchev–Trinajstić information content (AvgIpc) is 3.00. The zero-order valence-electron chi connectivity index (χ0n) is 16.6. The summed E-state index contributed by atoms with van der Waals surface area (Å²) in [7, 11) is 1.57. The molecule has 0 saturated carbocycles. The molecule has 0 aromatic carbocycles. The van der Waals surface area contributed by atoms with E-state index in [1.54, 1.807) is 38.6 Å². The summed E-state index contributed by atoms with van der Waals surface area (Å²) < 4.78 is 6.84. The van der Waals surface area contributed by atoms with Crippen LogP contribution in [0.2, 0.25) is 0 Å². The van der Waals surface area contributed by atoms with Gasteiger partial charge in [0.15, 0.2) is 5.82 Å². The molecule has 0 saturated heterocycles. The second-order valence-corrected chi connectivity index (χ2v) is 6.32. The Labute approximate surface area is 155 Å². The van der Waals surface area contributed by atoms with E-state index in [0.717, 1.165) is 11.1 Å². The molecule has 142 valence electrons. The highest BCUT2D eigenvalue weighted by Crippen LogP contribution is 2.18. The number of rotatable bonds is 4. The number of amides is 1. The van der Waals surface area contributed by atoms with Crippen LogP contribution in [0, 0.1) is 0 Å². The molecule has 0 spiro atoms. The molecule has 0 bridgehead atoms. The summed E-state index contributed by atoms with van der Waals surface area (Å²) in [6.07, 6.45) is 2.51. The van der Waals surface area contributed by atoms with Gasteiger partial charge < -0.3 is 4.74 Å². The minimum absolute atomic E-state index is 0.324. The van der Waals surface area contributed by atoms with Crippen molar-refractivity contribution in [3.63, 3.8) is 0 Å². The molecule has 1 amide bonds. The Balaban J connectivity index is 0.00000301. The summed E-state index contributed by atoms with van der Waals surface area (Å²) in [5, 5.41) is 6.81. The van der Waals surface area contributed by atoms with Crippen LogP contribution in [0.25, 0.3) is 11.3 Å². The number of nitrogens with one attached hydrogen (secondary N) is 1. The Morgan fingerprint density at radius 2 is 1.88 bits per heavy atom. The van der Waals surface area contributed by atoms with Crippen LogP contribution in [0.15, 0.2) is 49.3 Å². The van der Waals surface area contributed by atoms with Gasteiger partial charge >= 0.3 is 6.09 Å². The van der Waals surface area contributed by atoms with Crippen LogP contribution >= 0.6 is 0 Å². The van der Waals surface area contributed by atoms with Gasteiger partial charge in [0.05, 0.1) is 5.70 Å². The van der Waals surface area contributed by atoms with Gasteiger partial charge in [0.2, 0.25) is 0 Å². The second kappa shape index (κ2) is 10.1. The number of alkyl carbamates (subject to hydrolysis) is 1. The lowest BCUT2D eigenvalue weighted by molar-refractivity contribution is 0.0563. The Bertz CT molecular complexity index is 721. The van der Waals surface area contributed by atoms with Crippen molar-refractivity contribution in [3.05, 3.63) is 50.1 Å². The van der Waals surface area contributed by atoms with E-state index in [1.165, 1.54) is 6.33 Å². The van der Waals surface area contributed by atoms with Crippen LogP contribution in [0.4, 0.5) is 4.79 Å². The number of aromatic nitrogens is 3. The summed E-state index contributed by atoms with van der Waals surface area (Å²) >= 11 is 0. The molecular formula is C19H29N5O2. The van der Waals surface area contributed by atoms with E-state index in [4.69, 9.17) is 4.74 Å². The van der Waals surface area contributed by atoms with E-state index in [2.05, 4.69) is 46.7 Å². The highest BCUT2D eigenvalue weighted by atomic mass is 16.6. The monoisotopic (exact) mass is 359 g/mol. The smallest absolute Gasteiger partial charge is 0.413 e. The number of carbonyl (C=O) groups is 1. The van der Waals surface area contributed by atoms with Crippen LogP contribution in [-0.2, 0) is 4.74 Å². The molecule has 1 aromatic rings. The van der Waals surface area contributed by atoms with E-state index >= 15 is 0 Å². The number of carbonyl (C=O) groups excluding carboxylic acids is 1. The quantitative estimate of drug-likeness (QED) is 0.380. The van der Waals surface area contributed by atoms with E-state index in [0.29, 0.717) is 17.4 Å². The van der Waals surface area contributed by atoms with Crippen LogP contribution in [0.3, 0.4) is 0 Å². The van der Waals surface area contributed by atoms with Gasteiger partial charge in [0.1, 0.15) is 17.8 Å². The van der Waals surface area contributed by atoms with E-state index in [1.807, 2.05) is 13.8 Å². The first-order valence-corrected chi connectivity index (χ1v) is 7.95. The number of allylic oxidation sites excluding steroid dienone is 3. The van der Waals surface area contributed by atoms with Crippen molar-refractivity contribution in [2.75, 3.05) is 7.05 Å². The summed E-state index contributed by atoms with van der Waals surface area (Å²) in [5.74, 6) is 0.933. The van der Waals surface area contributed by atoms with Gasteiger partial charge in [0.25, 0.3) is 0 Å². The van der Waals surface area contributed by atoms with Gasteiger partial charge in [-0.05, 0) is 45.8 Å². The zero-order chi connectivity index (χ0) is 20.5. The lowest BCUT2D eigenvalue weighted by Gasteiger charge is -2.20.